The molecule has 0 heterocycles. The van der Waals surface area contributed by atoms with Crippen molar-refractivity contribution in [3.63, 3.8) is 0 Å². The summed E-state index contributed by atoms with van der Waals surface area (Å²) < 4.78 is 67.1. The zero-order chi connectivity index (χ0) is 16.3. The fourth-order valence-corrected chi connectivity index (χ4v) is 2.97. The highest BCUT2D eigenvalue weighted by Crippen LogP contribution is 2.35. The number of sulfone groups is 1. The highest BCUT2D eigenvalue weighted by Gasteiger charge is 2.20. The van der Waals surface area contributed by atoms with E-state index in [0.717, 1.165) is 0 Å². The topological polar surface area (TPSA) is 142 Å². The minimum absolute atomic E-state index is 0.101. The van der Waals surface area contributed by atoms with Crippen molar-refractivity contribution in [2.24, 2.45) is 0 Å². The van der Waals surface area contributed by atoms with Gasteiger partial charge in [-0.3, -0.25) is 4.55 Å². The van der Waals surface area contributed by atoms with E-state index in [4.69, 9.17) is 19.8 Å². The van der Waals surface area contributed by atoms with Crippen molar-refractivity contribution in [2.45, 2.75) is 4.90 Å². The van der Waals surface area contributed by atoms with Crippen LogP contribution in [0.2, 0.25) is 0 Å². The van der Waals surface area contributed by atoms with Gasteiger partial charge >= 0.3 is 10.4 Å². The molecule has 0 aliphatic rings. The van der Waals surface area contributed by atoms with Gasteiger partial charge in [0.2, 0.25) is 0 Å². The molecule has 0 aromatic heterocycles. The van der Waals surface area contributed by atoms with E-state index in [-0.39, 0.29) is 22.1 Å². The largest absolute Gasteiger partial charge is 0.494 e. The van der Waals surface area contributed by atoms with E-state index in [1.54, 1.807) is 0 Å². The summed E-state index contributed by atoms with van der Waals surface area (Å²) in [7, 11) is -5.96. The summed E-state index contributed by atoms with van der Waals surface area (Å²) in [6.45, 7) is -0.726. The highest BCUT2D eigenvalue weighted by atomic mass is 32.3. The van der Waals surface area contributed by atoms with Crippen LogP contribution in [0, 0.1) is 0 Å². The molecule has 1 aromatic carbocycles. The maximum absolute atomic E-state index is 12.1. The van der Waals surface area contributed by atoms with Crippen LogP contribution in [0.3, 0.4) is 0 Å². The molecular formula is C10H15NO8S2. The first kappa shape index (κ1) is 17.5. The van der Waals surface area contributed by atoms with E-state index in [1.165, 1.54) is 26.4 Å². The van der Waals surface area contributed by atoms with E-state index in [1.807, 2.05) is 0 Å². The van der Waals surface area contributed by atoms with E-state index in [0.29, 0.717) is 0 Å². The van der Waals surface area contributed by atoms with Crippen LogP contribution in [-0.4, -0.2) is 48.0 Å². The molecule has 0 saturated heterocycles. The molecule has 0 fully saturated rings. The van der Waals surface area contributed by atoms with Gasteiger partial charge < -0.3 is 15.2 Å². The molecular weight excluding hydrogens is 326 g/mol. The molecule has 0 atom stereocenters. The molecule has 0 unspecified atom stereocenters. The predicted octanol–water partition coefficient (Wildman–Crippen LogP) is -0.121. The Morgan fingerprint density at radius 3 is 1.95 bits per heavy atom. The molecule has 0 radical (unpaired) electrons. The average molecular weight is 341 g/mol. The van der Waals surface area contributed by atoms with Gasteiger partial charge in [0.15, 0.2) is 9.84 Å². The van der Waals surface area contributed by atoms with Crippen LogP contribution >= 0.6 is 0 Å². The molecule has 0 aliphatic heterocycles. The van der Waals surface area contributed by atoms with Crippen molar-refractivity contribution in [3.8, 4) is 11.5 Å². The van der Waals surface area contributed by atoms with Crippen molar-refractivity contribution in [3.05, 3.63) is 12.1 Å². The number of rotatable bonds is 7. The SMILES string of the molecule is COc1cc(S(=O)(=O)CCOS(=O)(=O)O)cc(OC)c1N. The second-order valence-electron chi connectivity index (χ2n) is 3.81. The number of ether oxygens (including phenoxy) is 2. The van der Waals surface area contributed by atoms with Crippen molar-refractivity contribution in [1.82, 2.24) is 0 Å². The fourth-order valence-electron chi connectivity index (χ4n) is 1.46. The van der Waals surface area contributed by atoms with Crippen LogP contribution in [0.25, 0.3) is 0 Å². The number of benzene rings is 1. The van der Waals surface area contributed by atoms with E-state index >= 15 is 0 Å². The van der Waals surface area contributed by atoms with Crippen LogP contribution < -0.4 is 15.2 Å². The third kappa shape index (κ3) is 4.74. The smallest absolute Gasteiger partial charge is 0.397 e. The minimum Gasteiger partial charge on any atom is -0.494 e. The summed E-state index contributed by atoms with van der Waals surface area (Å²) in [5.41, 5.74) is 5.82. The number of nitrogen functional groups attached to an aromatic ring is 1. The van der Waals surface area contributed by atoms with Gasteiger partial charge in [0.05, 0.1) is 31.5 Å². The second-order valence-corrected chi connectivity index (χ2v) is 7.01. The van der Waals surface area contributed by atoms with Gasteiger partial charge in [-0.05, 0) is 0 Å². The second kappa shape index (κ2) is 6.47. The number of methoxy groups -OCH3 is 2. The molecule has 0 spiro atoms. The molecule has 120 valence electrons. The van der Waals surface area contributed by atoms with Crippen molar-refractivity contribution in [2.75, 3.05) is 32.3 Å². The van der Waals surface area contributed by atoms with E-state index in [2.05, 4.69) is 4.18 Å². The van der Waals surface area contributed by atoms with E-state index < -0.39 is 32.6 Å². The lowest BCUT2D eigenvalue weighted by molar-refractivity contribution is 0.284. The molecule has 0 saturated carbocycles. The Bertz CT molecular complexity index is 686. The Hall–Kier alpha value is -1.56. The molecule has 3 N–H and O–H groups in total. The first-order valence-electron chi connectivity index (χ1n) is 5.47. The number of anilines is 1. The quantitative estimate of drug-likeness (QED) is 0.512. The third-order valence-electron chi connectivity index (χ3n) is 2.46. The summed E-state index contributed by atoms with van der Waals surface area (Å²) in [4.78, 5) is -0.177. The summed E-state index contributed by atoms with van der Waals surface area (Å²) >= 11 is 0. The van der Waals surface area contributed by atoms with Gasteiger partial charge in [-0.2, -0.15) is 8.42 Å². The zero-order valence-electron chi connectivity index (χ0n) is 11.3. The van der Waals surface area contributed by atoms with Crippen LogP contribution in [0.15, 0.2) is 17.0 Å². The standard InChI is InChI=1S/C10H15NO8S2/c1-17-8-5-7(6-9(18-2)10(8)11)20(12,13)4-3-19-21(14,15)16/h5-6H,3-4,11H2,1-2H3,(H,14,15,16). The molecule has 9 nitrogen and oxygen atoms in total. The molecule has 1 rings (SSSR count). The van der Waals surface area contributed by atoms with E-state index in [9.17, 15) is 16.8 Å². The normalized spacial score (nSPS) is 12.1. The summed E-state index contributed by atoms with van der Waals surface area (Å²) in [6.07, 6.45) is 0. The van der Waals surface area contributed by atoms with Gasteiger partial charge in [-0.15, -0.1) is 0 Å². The average Bonchev–Trinajstić information content (AvgIpc) is 2.36. The Morgan fingerprint density at radius 2 is 1.57 bits per heavy atom. The lowest BCUT2D eigenvalue weighted by Crippen LogP contribution is -2.16. The van der Waals surface area contributed by atoms with Gasteiger partial charge in [0, 0.05) is 12.1 Å². The lowest BCUT2D eigenvalue weighted by atomic mass is 10.3. The zero-order valence-corrected chi connectivity index (χ0v) is 12.9. The Balaban J connectivity index is 3.08. The summed E-state index contributed by atoms with van der Waals surface area (Å²) in [5, 5.41) is 0. The Morgan fingerprint density at radius 1 is 1.10 bits per heavy atom. The molecule has 0 amide bonds. The lowest BCUT2D eigenvalue weighted by Gasteiger charge is -2.12. The fraction of sp³-hybridized carbons (Fsp3) is 0.400. The summed E-state index contributed by atoms with van der Waals surface area (Å²) in [6, 6.07) is 2.36. The Labute approximate surface area is 122 Å². The molecule has 0 aliphatic carbocycles. The summed E-state index contributed by atoms with van der Waals surface area (Å²) in [5.74, 6) is -0.463. The van der Waals surface area contributed by atoms with Gasteiger partial charge in [-0.1, -0.05) is 0 Å². The van der Waals surface area contributed by atoms with Gasteiger partial charge in [-0.25, -0.2) is 12.6 Å². The molecule has 1 aromatic rings. The minimum atomic E-state index is -4.69. The monoisotopic (exact) mass is 341 g/mol. The van der Waals surface area contributed by atoms with Crippen LogP contribution in [0.5, 0.6) is 11.5 Å². The van der Waals surface area contributed by atoms with Crippen LogP contribution in [-0.2, 0) is 24.4 Å². The van der Waals surface area contributed by atoms with Crippen LogP contribution in [0.1, 0.15) is 0 Å². The maximum Gasteiger partial charge on any atom is 0.397 e. The Kier molecular flexibility index (Phi) is 5.39. The molecule has 11 heteroatoms. The molecule has 21 heavy (non-hydrogen) atoms. The van der Waals surface area contributed by atoms with Crippen LogP contribution in [0.4, 0.5) is 5.69 Å². The van der Waals surface area contributed by atoms with Crippen molar-refractivity contribution < 1.29 is 35.0 Å². The first-order valence-corrected chi connectivity index (χ1v) is 8.48. The number of hydrogen-bond donors (Lipinski definition) is 2. The third-order valence-corrected chi connectivity index (χ3v) is 4.58. The number of hydrogen-bond acceptors (Lipinski definition) is 8. The predicted molar refractivity (Wildman–Crippen MR) is 73.5 cm³/mol. The maximum atomic E-state index is 12.1. The van der Waals surface area contributed by atoms with Crippen molar-refractivity contribution >= 4 is 25.9 Å². The highest BCUT2D eigenvalue weighted by molar-refractivity contribution is 7.91. The van der Waals surface area contributed by atoms with Gasteiger partial charge in [0.1, 0.15) is 17.2 Å². The van der Waals surface area contributed by atoms with Crippen molar-refractivity contribution in [1.29, 1.82) is 0 Å². The number of nitrogens with two attached hydrogens (primary N) is 1. The van der Waals surface area contributed by atoms with Gasteiger partial charge in [0.25, 0.3) is 0 Å². The first-order chi connectivity index (χ1) is 9.60. The molecule has 0 bridgehead atoms.